The predicted molar refractivity (Wildman–Crippen MR) is 81.3 cm³/mol. The number of nitrogens with one attached hydrogen (secondary N) is 1. The van der Waals surface area contributed by atoms with Gasteiger partial charge in [0.15, 0.2) is 4.73 Å². The second kappa shape index (κ2) is 4.43. The second-order valence-electron chi connectivity index (χ2n) is 5.22. The lowest BCUT2D eigenvalue weighted by Gasteiger charge is -2.21. The Balaban J connectivity index is 1.89. The molecule has 0 fully saturated rings. The van der Waals surface area contributed by atoms with Gasteiger partial charge in [-0.25, -0.2) is 9.97 Å². The van der Waals surface area contributed by atoms with Crippen LogP contribution in [0.5, 0.6) is 0 Å². The molecule has 2 aromatic heterocycles. The monoisotopic (exact) mass is 331 g/mol. The number of nitrogens with two attached hydrogens (primary N) is 1. The van der Waals surface area contributed by atoms with Crippen LogP contribution in [0.3, 0.4) is 0 Å². The number of benzene rings is 1. The van der Waals surface area contributed by atoms with Crippen LogP contribution in [0.25, 0.3) is 22.3 Å². The molecule has 1 aliphatic rings. The summed E-state index contributed by atoms with van der Waals surface area (Å²) in [5.74, 6) is 0. The first-order valence-corrected chi connectivity index (χ1v) is 7.45. The van der Waals surface area contributed by atoms with Gasteiger partial charge in [0.05, 0.1) is 23.1 Å². The fourth-order valence-electron chi connectivity index (χ4n) is 2.85. The number of halogens is 1. The summed E-state index contributed by atoms with van der Waals surface area (Å²) < 4.78 is 3.11. The van der Waals surface area contributed by atoms with Gasteiger partial charge in [0.2, 0.25) is 0 Å². The first-order chi connectivity index (χ1) is 9.72. The highest BCUT2D eigenvalue weighted by Gasteiger charge is 2.23. The van der Waals surface area contributed by atoms with Crippen molar-refractivity contribution in [2.45, 2.75) is 25.4 Å². The van der Waals surface area contributed by atoms with Gasteiger partial charge < -0.3 is 15.3 Å². The number of hydrogen-bond donors (Lipinski definition) is 2. The van der Waals surface area contributed by atoms with Crippen LogP contribution in [0.15, 0.2) is 29.3 Å². The number of hydrogen-bond acceptors (Lipinski definition) is 3. The van der Waals surface area contributed by atoms with Crippen LogP contribution < -0.4 is 5.73 Å². The summed E-state index contributed by atoms with van der Waals surface area (Å²) in [6.07, 6.45) is 3.58. The van der Waals surface area contributed by atoms with Crippen molar-refractivity contribution in [1.82, 2.24) is 19.5 Å². The molecule has 0 bridgehead atoms. The van der Waals surface area contributed by atoms with Gasteiger partial charge in [0.1, 0.15) is 0 Å². The maximum absolute atomic E-state index is 6.11. The van der Waals surface area contributed by atoms with E-state index in [0.717, 1.165) is 46.4 Å². The predicted octanol–water partition coefficient (Wildman–Crippen LogP) is 2.46. The minimum atomic E-state index is 0.223. The highest BCUT2D eigenvalue weighted by atomic mass is 79.9. The normalized spacial score (nSPS) is 18.4. The number of aromatic nitrogens is 4. The first kappa shape index (κ1) is 12.1. The zero-order valence-corrected chi connectivity index (χ0v) is 12.4. The molecule has 3 heterocycles. The van der Waals surface area contributed by atoms with Crippen LogP contribution in [-0.2, 0) is 13.0 Å². The summed E-state index contributed by atoms with van der Waals surface area (Å²) in [5.41, 5.74) is 11.4. The van der Waals surface area contributed by atoms with Crippen molar-refractivity contribution in [2.24, 2.45) is 5.73 Å². The van der Waals surface area contributed by atoms with E-state index in [1.165, 1.54) is 5.69 Å². The minimum absolute atomic E-state index is 0.223. The first-order valence-electron chi connectivity index (χ1n) is 6.66. The Morgan fingerprint density at radius 1 is 1.40 bits per heavy atom. The van der Waals surface area contributed by atoms with Crippen molar-refractivity contribution >= 4 is 27.0 Å². The third kappa shape index (κ3) is 1.79. The van der Waals surface area contributed by atoms with Crippen molar-refractivity contribution in [3.8, 4) is 11.3 Å². The van der Waals surface area contributed by atoms with Gasteiger partial charge in [-0.05, 0) is 34.5 Å². The van der Waals surface area contributed by atoms with Crippen LogP contribution in [0, 0.1) is 0 Å². The Kier molecular flexibility index (Phi) is 2.68. The molecule has 0 amide bonds. The lowest BCUT2D eigenvalue weighted by atomic mass is 10.0. The second-order valence-corrected chi connectivity index (χ2v) is 5.92. The molecule has 0 saturated carbocycles. The SMILES string of the molecule is NC1CCn2c(Br)nc(-c3ccc4nc[nH]c4c3)c2C1. The summed E-state index contributed by atoms with van der Waals surface area (Å²) in [7, 11) is 0. The maximum Gasteiger partial charge on any atom is 0.177 e. The summed E-state index contributed by atoms with van der Waals surface area (Å²) in [6.45, 7) is 0.927. The molecule has 1 unspecified atom stereocenters. The van der Waals surface area contributed by atoms with Crippen molar-refractivity contribution < 1.29 is 0 Å². The largest absolute Gasteiger partial charge is 0.345 e. The average molecular weight is 332 g/mol. The van der Waals surface area contributed by atoms with Crippen LogP contribution >= 0.6 is 15.9 Å². The summed E-state index contributed by atoms with van der Waals surface area (Å²) in [5, 5.41) is 0. The topological polar surface area (TPSA) is 72.5 Å². The molecule has 102 valence electrons. The average Bonchev–Trinajstić information content (AvgIpc) is 3.02. The van der Waals surface area contributed by atoms with E-state index >= 15 is 0 Å². The smallest absolute Gasteiger partial charge is 0.177 e. The molecule has 5 nitrogen and oxygen atoms in total. The van der Waals surface area contributed by atoms with E-state index in [2.05, 4.69) is 47.6 Å². The van der Waals surface area contributed by atoms with Crippen LogP contribution in [-0.4, -0.2) is 25.6 Å². The minimum Gasteiger partial charge on any atom is -0.345 e. The van der Waals surface area contributed by atoms with Crippen LogP contribution in [0.2, 0.25) is 0 Å². The number of imidazole rings is 2. The van der Waals surface area contributed by atoms with E-state index in [4.69, 9.17) is 5.73 Å². The number of H-pyrrole nitrogens is 1. The Morgan fingerprint density at radius 2 is 2.30 bits per heavy atom. The lowest BCUT2D eigenvalue weighted by Crippen LogP contribution is -2.30. The van der Waals surface area contributed by atoms with Gasteiger partial charge >= 0.3 is 0 Å². The Bertz CT molecular complexity index is 788. The highest BCUT2D eigenvalue weighted by Crippen LogP contribution is 2.31. The molecule has 6 heteroatoms. The molecule has 4 rings (SSSR count). The summed E-state index contributed by atoms with van der Waals surface area (Å²) in [4.78, 5) is 12.1. The molecule has 0 saturated heterocycles. The number of aromatic amines is 1. The Hall–Kier alpha value is -1.66. The molecule has 0 spiro atoms. The third-order valence-electron chi connectivity index (χ3n) is 3.90. The standard InChI is InChI=1S/C14H14BrN5/c15-14-19-13(12-6-9(16)3-4-20(12)14)8-1-2-10-11(5-8)18-7-17-10/h1-2,5,7,9H,3-4,6,16H2,(H,17,18). The number of rotatable bonds is 1. The van der Waals surface area contributed by atoms with E-state index in [-0.39, 0.29) is 6.04 Å². The van der Waals surface area contributed by atoms with Gasteiger partial charge in [0, 0.05) is 30.3 Å². The van der Waals surface area contributed by atoms with Crippen LogP contribution in [0.1, 0.15) is 12.1 Å². The molecule has 1 aliphatic heterocycles. The zero-order chi connectivity index (χ0) is 13.7. The molecule has 20 heavy (non-hydrogen) atoms. The molecular weight excluding hydrogens is 318 g/mol. The van der Waals surface area contributed by atoms with Crippen LogP contribution in [0.4, 0.5) is 0 Å². The van der Waals surface area contributed by atoms with Crippen molar-refractivity contribution in [1.29, 1.82) is 0 Å². The lowest BCUT2D eigenvalue weighted by molar-refractivity contribution is 0.467. The van der Waals surface area contributed by atoms with Crippen molar-refractivity contribution in [2.75, 3.05) is 0 Å². The number of nitrogens with zero attached hydrogens (tertiary/aromatic N) is 3. The molecule has 1 atom stereocenters. The zero-order valence-electron chi connectivity index (χ0n) is 10.8. The molecule has 3 aromatic rings. The molecule has 3 N–H and O–H groups in total. The molecular formula is C14H14BrN5. The van der Waals surface area contributed by atoms with Gasteiger partial charge in [-0.15, -0.1) is 0 Å². The Labute approximate surface area is 124 Å². The third-order valence-corrected chi connectivity index (χ3v) is 4.50. The molecule has 1 aromatic carbocycles. The van der Waals surface area contributed by atoms with Gasteiger partial charge in [-0.3, -0.25) is 0 Å². The van der Waals surface area contributed by atoms with E-state index < -0.39 is 0 Å². The van der Waals surface area contributed by atoms with Crippen molar-refractivity contribution in [3.05, 3.63) is 35.0 Å². The molecule has 0 aliphatic carbocycles. The molecule has 0 radical (unpaired) electrons. The fraction of sp³-hybridized carbons (Fsp3) is 0.286. The fourth-order valence-corrected chi connectivity index (χ4v) is 3.42. The van der Waals surface area contributed by atoms with Gasteiger partial charge in [-0.2, -0.15) is 0 Å². The van der Waals surface area contributed by atoms with E-state index in [1.807, 2.05) is 6.07 Å². The maximum atomic E-state index is 6.11. The quantitative estimate of drug-likeness (QED) is 0.719. The van der Waals surface area contributed by atoms with Gasteiger partial charge in [0.25, 0.3) is 0 Å². The Morgan fingerprint density at radius 3 is 3.20 bits per heavy atom. The summed E-state index contributed by atoms with van der Waals surface area (Å²) in [6, 6.07) is 6.40. The van der Waals surface area contributed by atoms with Gasteiger partial charge in [-0.1, -0.05) is 6.07 Å². The highest BCUT2D eigenvalue weighted by molar-refractivity contribution is 9.10. The van der Waals surface area contributed by atoms with E-state index in [9.17, 15) is 0 Å². The number of fused-ring (bicyclic) bond motifs is 2. The van der Waals surface area contributed by atoms with E-state index in [1.54, 1.807) is 6.33 Å². The summed E-state index contributed by atoms with van der Waals surface area (Å²) >= 11 is 3.55. The van der Waals surface area contributed by atoms with E-state index in [0.29, 0.717) is 0 Å². The van der Waals surface area contributed by atoms with Crippen molar-refractivity contribution in [3.63, 3.8) is 0 Å².